The lowest BCUT2D eigenvalue weighted by molar-refractivity contribution is 0.0189. The first-order valence-electron chi connectivity index (χ1n) is 6.18. The monoisotopic (exact) mass is 256 g/mol. The summed E-state index contributed by atoms with van der Waals surface area (Å²) in [5, 5.41) is 4.44. The molecule has 0 aromatic carbocycles. The lowest BCUT2D eigenvalue weighted by Gasteiger charge is -2.19. The maximum absolute atomic E-state index is 5.50. The Morgan fingerprint density at radius 1 is 1.41 bits per heavy atom. The van der Waals surface area contributed by atoms with Crippen molar-refractivity contribution in [3.63, 3.8) is 0 Å². The standard InChI is InChI=1S/C13H24N2OS/c1-7-14-8-10-11(9(2)3)15-12(17-10)13(4,5)16-6/h9,14H,7-8H2,1-6H3. The normalized spacial score (nSPS) is 12.4. The zero-order chi connectivity index (χ0) is 13.1. The molecule has 0 bridgehead atoms. The third-order valence-electron chi connectivity index (χ3n) is 2.84. The molecule has 1 heterocycles. The average Bonchev–Trinajstić information content (AvgIpc) is 2.71. The summed E-state index contributed by atoms with van der Waals surface area (Å²) in [5.41, 5.74) is 0.912. The number of thiazole rings is 1. The van der Waals surface area contributed by atoms with Crippen LogP contribution in [0.3, 0.4) is 0 Å². The molecule has 98 valence electrons. The zero-order valence-corrected chi connectivity index (χ0v) is 12.6. The Balaban J connectivity index is 3.03. The lowest BCUT2D eigenvalue weighted by atomic mass is 10.1. The van der Waals surface area contributed by atoms with Gasteiger partial charge in [0.2, 0.25) is 0 Å². The molecule has 0 saturated carbocycles. The molecule has 1 aromatic heterocycles. The first-order valence-corrected chi connectivity index (χ1v) is 7.00. The van der Waals surface area contributed by atoms with Crippen molar-refractivity contribution in [3.8, 4) is 0 Å². The Kier molecular flexibility index (Phi) is 5.10. The largest absolute Gasteiger partial charge is 0.372 e. The zero-order valence-electron chi connectivity index (χ0n) is 11.8. The van der Waals surface area contributed by atoms with E-state index in [4.69, 9.17) is 9.72 Å². The number of nitrogens with one attached hydrogen (secondary N) is 1. The van der Waals surface area contributed by atoms with Crippen LogP contribution < -0.4 is 5.32 Å². The molecule has 17 heavy (non-hydrogen) atoms. The summed E-state index contributed by atoms with van der Waals surface area (Å²) in [6, 6.07) is 0. The second kappa shape index (κ2) is 5.94. The minimum Gasteiger partial charge on any atom is -0.372 e. The van der Waals surface area contributed by atoms with Crippen molar-refractivity contribution in [2.45, 2.75) is 52.7 Å². The van der Waals surface area contributed by atoms with Gasteiger partial charge >= 0.3 is 0 Å². The van der Waals surface area contributed by atoms with Crippen LogP contribution in [-0.2, 0) is 16.9 Å². The smallest absolute Gasteiger partial charge is 0.125 e. The van der Waals surface area contributed by atoms with Gasteiger partial charge in [-0.3, -0.25) is 0 Å². The van der Waals surface area contributed by atoms with Crippen molar-refractivity contribution in [2.75, 3.05) is 13.7 Å². The van der Waals surface area contributed by atoms with Gasteiger partial charge in [-0.05, 0) is 26.3 Å². The summed E-state index contributed by atoms with van der Waals surface area (Å²) in [6.45, 7) is 12.5. The minimum atomic E-state index is -0.293. The van der Waals surface area contributed by atoms with Gasteiger partial charge in [-0.2, -0.15) is 0 Å². The topological polar surface area (TPSA) is 34.1 Å². The Labute approximate surface area is 109 Å². The Hall–Kier alpha value is -0.450. The van der Waals surface area contributed by atoms with Crippen molar-refractivity contribution in [3.05, 3.63) is 15.6 Å². The minimum absolute atomic E-state index is 0.293. The summed E-state index contributed by atoms with van der Waals surface area (Å²) in [7, 11) is 1.74. The van der Waals surface area contributed by atoms with Crippen molar-refractivity contribution in [1.82, 2.24) is 10.3 Å². The molecule has 3 nitrogen and oxygen atoms in total. The van der Waals surface area contributed by atoms with Gasteiger partial charge in [0.05, 0.1) is 5.69 Å². The molecule has 0 fully saturated rings. The molecular weight excluding hydrogens is 232 g/mol. The second-order valence-electron chi connectivity index (χ2n) is 4.98. The summed E-state index contributed by atoms with van der Waals surface area (Å²) in [5.74, 6) is 0.460. The van der Waals surface area contributed by atoms with E-state index in [1.54, 1.807) is 18.4 Å². The van der Waals surface area contributed by atoms with Gasteiger partial charge in [-0.15, -0.1) is 11.3 Å². The van der Waals surface area contributed by atoms with E-state index < -0.39 is 0 Å². The van der Waals surface area contributed by atoms with Gasteiger partial charge in [0.25, 0.3) is 0 Å². The van der Waals surface area contributed by atoms with Gasteiger partial charge in [0.15, 0.2) is 0 Å². The Bertz CT molecular complexity index is 358. The number of rotatable bonds is 6. The highest BCUT2D eigenvalue weighted by Gasteiger charge is 2.26. The van der Waals surface area contributed by atoms with Gasteiger partial charge in [0.1, 0.15) is 10.6 Å². The first-order chi connectivity index (χ1) is 7.92. The summed E-state index contributed by atoms with van der Waals surface area (Å²) in [4.78, 5) is 6.09. The molecule has 0 saturated heterocycles. The number of hydrogen-bond acceptors (Lipinski definition) is 4. The molecule has 0 aliphatic heterocycles. The molecule has 0 unspecified atom stereocenters. The number of aromatic nitrogens is 1. The van der Waals surface area contributed by atoms with E-state index in [-0.39, 0.29) is 5.60 Å². The molecule has 1 rings (SSSR count). The Morgan fingerprint density at radius 3 is 2.53 bits per heavy atom. The summed E-state index contributed by atoms with van der Waals surface area (Å²) >= 11 is 1.76. The van der Waals surface area contributed by atoms with E-state index in [0.29, 0.717) is 5.92 Å². The van der Waals surface area contributed by atoms with Gasteiger partial charge < -0.3 is 10.1 Å². The maximum Gasteiger partial charge on any atom is 0.125 e. The highest BCUT2D eigenvalue weighted by Crippen LogP contribution is 2.33. The maximum atomic E-state index is 5.50. The fourth-order valence-electron chi connectivity index (χ4n) is 1.52. The van der Waals surface area contributed by atoms with Crippen LogP contribution in [0.25, 0.3) is 0 Å². The van der Waals surface area contributed by atoms with E-state index in [0.717, 1.165) is 18.1 Å². The number of nitrogens with zero attached hydrogens (tertiary/aromatic N) is 1. The van der Waals surface area contributed by atoms with Crippen LogP contribution >= 0.6 is 11.3 Å². The van der Waals surface area contributed by atoms with E-state index >= 15 is 0 Å². The van der Waals surface area contributed by atoms with E-state index in [9.17, 15) is 0 Å². The SMILES string of the molecule is CCNCc1sc(C(C)(C)OC)nc1C(C)C. The van der Waals surface area contributed by atoms with E-state index in [1.807, 2.05) is 0 Å². The van der Waals surface area contributed by atoms with Crippen LogP contribution in [0.1, 0.15) is 56.1 Å². The second-order valence-corrected chi connectivity index (χ2v) is 6.06. The fraction of sp³-hybridized carbons (Fsp3) is 0.769. The van der Waals surface area contributed by atoms with Crippen LogP contribution in [0.15, 0.2) is 0 Å². The number of hydrogen-bond donors (Lipinski definition) is 1. The van der Waals surface area contributed by atoms with Crippen LogP contribution in [0.4, 0.5) is 0 Å². The highest BCUT2D eigenvalue weighted by atomic mass is 32.1. The fourth-order valence-corrected chi connectivity index (χ4v) is 2.79. The lowest BCUT2D eigenvalue weighted by Crippen LogP contribution is -2.19. The van der Waals surface area contributed by atoms with E-state index in [1.165, 1.54) is 10.6 Å². The summed E-state index contributed by atoms with van der Waals surface area (Å²) in [6.07, 6.45) is 0. The molecule has 0 spiro atoms. The number of methoxy groups -OCH3 is 1. The summed E-state index contributed by atoms with van der Waals surface area (Å²) < 4.78 is 5.50. The molecule has 0 aliphatic carbocycles. The van der Waals surface area contributed by atoms with Gasteiger partial charge in [0, 0.05) is 18.5 Å². The molecule has 1 N–H and O–H groups in total. The number of ether oxygens (including phenoxy) is 1. The van der Waals surface area contributed by atoms with Gasteiger partial charge in [-0.25, -0.2) is 4.98 Å². The van der Waals surface area contributed by atoms with Crippen LogP contribution in [0.5, 0.6) is 0 Å². The van der Waals surface area contributed by atoms with E-state index in [2.05, 4.69) is 39.9 Å². The predicted octanol–water partition coefficient (Wildman–Crippen LogP) is 3.26. The van der Waals surface area contributed by atoms with Gasteiger partial charge in [-0.1, -0.05) is 20.8 Å². The predicted molar refractivity (Wildman–Crippen MR) is 73.6 cm³/mol. The van der Waals surface area contributed by atoms with Crippen LogP contribution in [-0.4, -0.2) is 18.6 Å². The third kappa shape index (κ3) is 3.50. The highest BCUT2D eigenvalue weighted by molar-refractivity contribution is 7.11. The van der Waals surface area contributed by atoms with Crippen LogP contribution in [0, 0.1) is 0 Å². The van der Waals surface area contributed by atoms with Crippen molar-refractivity contribution in [1.29, 1.82) is 0 Å². The van der Waals surface area contributed by atoms with Crippen molar-refractivity contribution >= 4 is 11.3 Å². The average molecular weight is 256 g/mol. The van der Waals surface area contributed by atoms with Crippen molar-refractivity contribution in [2.24, 2.45) is 0 Å². The molecule has 4 heteroatoms. The quantitative estimate of drug-likeness (QED) is 0.848. The Morgan fingerprint density at radius 2 is 2.06 bits per heavy atom. The molecule has 0 aliphatic rings. The molecule has 0 radical (unpaired) electrons. The van der Waals surface area contributed by atoms with Crippen LogP contribution in [0.2, 0.25) is 0 Å². The molecule has 0 amide bonds. The first kappa shape index (κ1) is 14.6. The molecule has 0 atom stereocenters. The third-order valence-corrected chi connectivity index (χ3v) is 4.21. The van der Waals surface area contributed by atoms with Crippen molar-refractivity contribution < 1.29 is 4.74 Å². The molecular formula is C13H24N2OS. The molecule has 1 aromatic rings.